The number of nitrogens with zero attached hydrogens (tertiary/aromatic N) is 6. The molecule has 0 saturated carbocycles. The molecule has 8 nitrogen and oxygen atoms in total. The van der Waals surface area contributed by atoms with Crippen LogP contribution in [0.2, 0.25) is 5.02 Å². The topological polar surface area (TPSA) is 82.9 Å². The largest absolute Gasteiger partial charge is 0.369 e. The number of hydrogen-bond acceptors (Lipinski definition) is 6. The summed E-state index contributed by atoms with van der Waals surface area (Å²) in [4.78, 5) is 21.5. The van der Waals surface area contributed by atoms with Gasteiger partial charge in [-0.1, -0.05) is 29.8 Å². The van der Waals surface area contributed by atoms with E-state index in [-0.39, 0.29) is 17.1 Å². The summed E-state index contributed by atoms with van der Waals surface area (Å²) in [5, 5.41) is 14.6. The minimum absolute atomic E-state index is 0.109. The molecular formula is C28H34ClN7O. The van der Waals surface area contributed by atoms with Crippen LogP contribution in [0.1, 0.15) is 54.9 Å². The van der Waals surface area contributed by atoms with Crippen LogP contribution in [-0.2, 0) is 5.54 Å². The van der Waals surface area contributed by atoms with Gasteiger partial charge < -0.3 is 9.88 Å². The molecule has 0 unspecified atom stereocenters. The van der Waals surface area contributed by atoms with Crippen LogP contribution in [0.5, 0.6) is 0 Å². The Bertz CT molecular complexity index is 1510. The molecule has 1 N–H and O–H groups in total. The molecule has 1 atom stereocenters. The molecule has 2 aromatic heterocycles. The summed E-state index contributed by atoms with van der Waals surface area (Å²) in [6, 6.07) is 11.8. The molecule has 2 aromatic carbocycles. The van der Waals surface area contributed by atoms with Crippen molar-refractivity contribution in [3.63, 3.8) is 0 Å². The molecule has 0 spiro atoms. The Kier molecular flexibility index (Phi) is 6.58. The molecule has 0 radical (unpaired) electrons. The van der Waals surface area contributed by atoms with E-state index in [1.807, 2.05) is 35.9 Å². The molecule has 4 aromatic rings. The monoisotopic (exact) mass is 519 g/mol. The molecule has 1 aliphatic rings. The van der Waals surface area contributed by atoms with Gasteiger partial charge in [0.25, 0.3) is 5.56 Å². The van der Waals surface area contributed by atoms with E-state index in [9.17, 15) is 4.79 Å². The second-order valence-electron chi connectivity index (χ2n) is 11.0. The molecule has 194 valence electrons. The maximum Gasteiger partial charge on any atom is 0.253 e. The Morgan fingerprint density at radius 1 is 0.946 bits per heavy atom. The first kappa shape index (κ1) is 25.4. The molecule has 0 aliphatic carbocycles. The average Bonchev–Trinajstić information content (AvgIpc) is 3.35. The van der Waals surface area contributed by atoms with Gasteiger partial charge in [0, 0.05) is 47.8 Å². The second kappa shape index (κ2) is 9.58. The fourth-order valence-electron chi connectivity index (χ4n) is 5.28. The molecule has 1 fully saturated rings. The highest BCUT2D eigenvalue weighted by Gasteiger charge is 2.35. The number of piperazine rings is 1. The standard InChI is InChI=1S/C28H34ClN7O/c1-17-7-8-19(3)24-21(17)16-22(27(37)30-24)25(26-31-32-33-36(26)28(4,5)6)35-13-11-34(12-14-35)23-15-20(29)10-9-18(23)2/h7-10,15-16,25H,11-14H2,1-6H3,(H,30,37)/t25-/m0/s1. The number of aromatic amines is 1. The van der Waals surface area contributed by atoms with Gasteiger partial charge in [0.05, 0.1) is 11.1 Å². The zero-order valence-electron chi connectivity index (χ0n) is 22.3. The highest BCUT2D eigenvalue weighted by Crippen LogP contribution is 2.33. The normalized spacial score (nSPS) is 15.9. The Morgan fingerprint density at radius 3 is 2.32 bits per heavy atom. The van der Waals surface area contributed by atoms with E-state index in [0.29, 0.717) is 11.4 Å². The number of rotatable bonds is 4. The van der Waals surface area contributed by atoms with E-state index in [4.69, 9.17) is 11.6 Å². The molecular weight excluding hydrogens is 486 g/mol. The Balaban J connectivity index is 1.59. The van der Waals surface area contributed by atoms with Gasteiger partial charge in [0.15, 0.2) is 5.82 Å². The quantitative estimate of drug-likeness (QED) is 0.418. The summed E-state index contributed by atoms with van der Waals surface area (Å²) in [6.45, 7) is 15.5. The molecule has 5 rings (SSSR count). The lowest BCUT2D eigenvalue weighted by Crippen LogP contribution is -2.49. The molecule has 1 saturated heterocycles. The second-order valence-corrected chi connectivity index (χ2v) is 11.5. The minimum Gasteiger partial charge on any atom is -0.369 e. The third-order valence-electron chi connectivity index (χ3n) is 7.33. The lowest BCUT2D eigenvalue weighted by Gasteiger charge is -2.40. The number of halogens is 1. The van der Waals surface area contributed by atoms with Gasteiger partial charge in [-0.2, -0.15) is 0 Å². The van der Waals surface area contributed by atoms with E-state index in [1.54, 1.807) is 0 Å². The number of hydrogen-bond donors (Lipinski definition) is 1. The fraction of sp³-hybridized carbons (Fsp3) is 0.429. The predicted molar refractivity (Wildman–Crippen MR) is 149 cm³/mol. The van der Waals surface area contributed by atoms with Crippen molar-refractivity contribution in [3.8, 4) is 0 Å². The summed E-state index contributed by atoms with van der Waals surface area (Å²) in [6.07, 6.45) is 0. The Hall–Kier alpha value is -3.23. The summed E-state index contributed by atoms with van der Waals surface area (Å²) in [5.74, 6) is 0.676. The predicted octanol–water partition coefficient (Wildman–Crippen LogP) is 4.76. The van der Waals surface area contributed by atoms with Crippen molar-refractivity contribution in [1.29, 1.82) is 0 Å². The van der Waals surface area contributed by atoms with Crippen LogP contribution in [0, 0.1) is 20.8 Å². The molecule has 37 heavy (non-hydrogen) atoms. The van der Waals surface area contributed by atoms with Crippen LogP contribution < -0.4 is 10.5 Å². The van der Waals surface area contributed by atoms with Gasteiger partial charge in [-0.25, -0.2) is 4.68 Å². The summed E-state index contributed by atoms with van der Waals surface area (Å²) >= 11 is 6.31. The van der Waals surface area contributed by atoms with Crippen LogP contribution in [0.25, 0.3) is 10.9 Å². The number of benzene rings is 2. The number of fused-ring (bicyclic) bond motifs is 1. The molecule has 9 heteroatoms. The van der Waals surface area contributed by atoms with Crippen molar-refractivity contribution >= 4 is 28.2 Å². The summed E-state index contributed by atoms with van der Waals surface area (Å²) in [5.41, 5.74) is 5.60. The number of aryl methyl sites for hydroxylation is 3. The lowest BCUT2D eigenvalue weighted by atomic mass is 9.98. The smallest absolute Gasteiger partial charge is 0.253 e. The molecule has 0 bridgehead atoms. The first-order valence-electron chi connectivity index (χ1n) is 12.7. The first-order valence-corrected chi connectivity index (χ1v) is 13.1. The highest BCUT2D eigenvalue weighted by atomic mass is 35.5. The maximum absolute atomic E-state index is 13.6. The zero-order valence-corrected chi connectivity index (χ0v) is 23.1. The van der Waals surface area contributed by atoms with Gasteiger partial charge >= 0.3 is 0 Å². The van der Waals surface area contributed by atoms with E-state index in [1.165, 1.54) is 5.56 Å². The average molecular weight is 520 g/mol. The zero-order chi connectivity index (χ0) is 26.5. The minimum atomic E-state index is -0.384. The van der Waals surface area contributed by atoms with Gasteiger partial charge in [0.1, 0.15) is 6.04 Å². The lowest BCUT2D eigenvalue weighted by molar-refractivity contribution is 0.190. The van der Waals surface area contributed by atoms with Gasteiger partial charge in [-0.3, -0.25) is 9.69 Å². The van der Waals surface area contributed by atoms with E-state index in [0.717, 1.165) is 58.9 Å². The van der Waals surface area contributed by atoms with E-state index >= 15 is 0 Å². The van der Waals surface area contributed by atoms with Crippen molar-refractivity contribution in [1.82, 2.24) is 30.1 Å². The van der Waals surface area contributed by atoms with Crippen LogP contribution in [0.4, 0.5) is 5.69 Å². The highest BCUT2D eigenvalue weighted by molar-refractivity contribution is 6.30. The van der Waals surface area contributed by atoms with Crippen molar-refractivity contribution < 1.29 is 0 Å². The van der Waals surface area contributed by atoms with Crippen molar-refractivity contribution in [2.24, 2.45) is 0 Å². The number of H-pyrrole nitrogens is 1. The van der Waals surface area contributed by atoms with Crippen LogP contribution in [0.3, 0.4) is 0 Å². The number of anilines is 1. The van der Waals surface area contributed by atoms with Crippen LogP contribution >= 0.6 is 11.6 Å². The maximum atomic E-state index is 13.6. The SMILES string of the molecule is Cc1ccc(Cl)cc1N1CCN([C@@H](c2cc3c(C)ccc(C)c3[nH]c2=O)c2nnnn2C(C)(C)C)CC1. The summed E-state index contributed by atoms with van der Waals surface area (Å²) < 4.78 is 1.85. The number of tetrazole rings is 1. The Morgan fingerprint density at radius 2 is 1.62 bits per heavy atom. The number of aromatic nitrogens is 5. The number of nitrogens with one attached hydrogen (secondary N) is 1. The molecule has 0 amide bonds. The Labute approximate surface area is 222 Å². The summed E-state index contributed by atoms with van der Waals surface area (Å²) in [7, 11) is 0. The number of pyridine rings is 1. The van der Waals surface area contributed by atoms with E-state index in [2.05, 4.69) is 77.1 Å². The molecule has 3 heterocycles. The van der Waals surface area contributed by atoms with E-state index < -0.39 is 0 Å². The third kappa shape index (κ3) is 4.76. The van der Waals surface area contributed by atoms with Crippen molar-refractivity contribution in [2.75, 3.05) is 31.1 Å². The van der Waals surface area contributed by atoms with Gasteiger partial charge in [-0.05, 0) is 86.9 Å². The van der Waals surface area contributed by atoms with Crippen molar-refractivity contribution in [2.45, 2.75) is 53.1 Å². The molecule has 1 aliphatic heterocycles. The van der Waals surface area contributed by atoms with Crippen LogP contribution in [0.15, 0.2) is 41.2 Å². The van der Waals surface area contributed by atoms with Crippen molar-refractivity contribution in [3.05, 3.63) is 79.9 Å². The fourth-order valence-corrected chi connectivity index (χ4v) is 5.45. The van der Waals surface area contributed by atoms with Gasteiger partial charge in [0.2, 0.25) is 0 Å². The third-order valence-corrected chi connectivity index (χ3v) is 7.57. The first-order chi connectivity index (χ1) is 17.5. The van der Waals surface area contributed by atoms with Crippen LogP contribution in [-0.4, -0.2) is 56.3 Å². The van der Waals surface area contributed by atoms with Gasteiger partial charge in [-0.15, -0.1) is 5.10 Å².